The molecule has 0 saturated heterocycles. The zero-order valence-corrected chi connectivity index (χ0v) is 13.1. The molecule has 112 valence electrons. The number of nitrogens with zero attached hydrogens (tertiary/aromatic N) is 2. The van der Waals surface area contributed by atoms with Crippen LogP contribution in [0.4, 0.5) is 15.6 Å². The molecule has 21 heavy (non-hydrogen) atoms. The van der Waals surface area contributed by atoms with Crippen molar-refractivity contribution in [2.24, 2.45) is 0 Å². The van der Waals surface area contributed by atoms with E-state index in [1.807, 2.05) is 24.3 Å². The molecule has 1 aromatic heterocycles. The molecule has 2 amide bonds. The highest BCUT2D eigenvalue weighted by atomic mass is 32.1. The van der Waals surface area contributed by atoms with Crippen LogP contribution in [-0.2, 0) is 0 Å². The van der Waals surface area contributed by atoms with Gasteiger partial charge in [0, 0.05) is 23.3 Å². The van der Waals surface area contributed by atoms with Crippen LogP contribution >= 0.6 is 11.5 Å². The molecule has 0 radical (unpaired) electrons. The summed E-state index contributed by atoms with van der Waals surface area (Å²) in [5.74, 6) is 0.650. The number of nitrogens with one attached hydrogen (secondary N) is 3. The molecule has 2 rings (SSSR count). The lowest BCUT2D eigenvalue weighted by Crippen LogP contribution is -2.20. The Labute approximate surface area is 128 Å². The highest BCUT2D eigenvalue weighted by Gasteiger charge is 2.07. The third-order valence-corrected chi connectivity index (χ3v) is 3.65. The number of hydrogen-bond acceptors (Lipinski definition) is 5. The van der Waals surface area contributed by atoms with Crippen LogP contribution in [0, 0.1) is 6.92 Å². The van der Waals surface area contributed by atoms with Crippen LogP contribution < -0.4 is 16.0 Å². The van der Waals surface area contributed by atoms with Crippen LogP contribution in [0.2, 0.25) is 0 Å². The molecule has 6 nitrogen and oxygen atoms in total. The Kier molecular flexibility index (Phi) is 5.24. The van der Waals surface area contributed by atoms with Crippen molar-refractivity contribution in [1.82, 2.24) is 14.7 Å². The number of anilines is 2. The van der Waals surface area contributed by atoms with Crippen LogP contribution in [0.1, 0.15) is 31.3 Å². The summed E-state index contributed by atoms with van der Waals surface area (Å²) < 4.78 is 4.01. The van der Waals surface area contributed by atoms with Gasteiger partial charge in [0.2, 0.25) is 5.13 Å². The van der Waals surface area contributed by atoms with Crippen molar-refractivity contribution in [2.45, 2.75) is 26.8 Å². The molecule has 1 unspecified atom stereocenters. The smallest absolute Gasteiger partial charge is 0.310 e. The molecular weight excluding hydrogens is 286 g/mol. The number of benzene rings is 1. The first kappa shape index (κ1) is 15.4. The summed E-state index contributed by atoms with van der Waals surface area (Å²) in [6.07, 6.45) is 0. The summed E-state index contributed by atoms with van der Waals surface area (Å²) >= 11 is 1.16. The Morgan fingerprint density at radius 2 is 2.00 bits per heavy atom. The highest BCUT2D eigenvalue weighted by molar-refractivity contribution is 7.09. The maximum atomic E-state index is 11.8. The van der Waals surface area contributed by atoms with Crippen molar-refractivity contribution in [3.8, 4) is 0 Å². The lowest BCUT2D eigenvalue weighted by Gasteiger charge is -2.13. The molecule has 0 aliphatic rings. The fourth-order valence-corrected chi connectivity index (χ4v) is 2.46. The normalized spacial score (nSPS) is 12.0. The second-order valence-electron chi connectivity index (χ2n) is 4.63. The standard InChI is InChI=1S/C14H19N5OS/c1-4-15-9(2)11-5-7-12(8-6-11)17-13(20)18-14-16-10(3)19-21-14/h5-9,15H,4H2,1-3H3,(H2,16,17,18,19,20). The van der Waals surface area contributed by atoms with Gasteiger partial charge in [0.05, 0.1) is 0 Å². The quantitative estimate of drug-likeness (QED) is 0.793. The van der Waals surface area contributed by atoms with E-state index >= 15 is 0 Å². The van der Waals surface area contributed by atoms with E-state index < -0.39 is 0 Å². The molecule has 1 atom stereocenters. The van der Waals surface area contributed by atoms with E-state index in [1.165, 1.54) is 5.56 Å². The Bertz CT molecular complexity index is 596. The lowest BCUT2D eigenvalue weighted by atomic mass is 10.1. The van der Waals surface area contributed by atoms with E-state index in [2.05, 4.69) is 39.2 Å². The summed E-state index contributed by atoms with van der Waals surface area (Å²) in [5, 5.41) is 9.25. The topological polar surface area (TPSA) is 78.9 Å². The van der Waals surface area contributed by atoms with Crippen molar-refractivity contribution in [1.29, 1.82) is 0 Å². The first-order valence-electron chi connectivity index (χ1n) is 6.80. The van der Waals surface area contributed by atoms with E-state index in [0.717, 1.165) is 23.8 Å². The second-order valence-corrected chi connectivity index (χ2v) is 5.38. The molecule has 7 heteroatoms. The number of aromatic nitrogens is 2. The molecular formula is C14H19N5OS. The van der Waals surface area contributed by atoms with Crippen molar-refractivity contribution in [3.05, 3.63) is 35.7 Å². The van der Waals surface area contributed by atoms with Gasteiger partial charge in [0.15, 0.2) is 0 Å². The monoisotopic (exact) mass is 305 g/mol. The largest absolute Gasteiger partial charge is 0.325 e. The number of aryl methyl sites for hydroxylation is 1. The highest BCUT2D eigenvalue weighted by Crippen LogP contribution is 2.16. The first-order valence-corrected chi connectivity index (χ1v) is 7.57. The van der Waals surface area contributed by atoms with Crippen LogP contribution in [0.15, 0.2) is 24.3 Å². The third-order valence-electron chi connectivity index (χ3n) is 2.93. The Balaban J connectivity index is 1.92. The van der Waals surface area contributed by atoms with Gasteiger partial charge >= 0.3 is 6.03 Å². The summed E-state index contributed by atoms with van der Waals surface area (Å²) in [4.78, 5) is 15.9. The van der Waals surface area contributed by atoms with Gasteiger partial charge in [-0.25, -0.2) is 9.78 Å². The Morgan fingerprint density at radius 3 is 2.57 bits per heavy atom. The Morgan fingerprint density at radius 1 is 1.29 bits per heavy atom. The maximum absolute atomic E-state index is 11.8. The molecule has 2 aromatic rings. The Hall–Kier alpha value is -1.99. The average Bonchev–Trinajstić information content (AvgIpc) is 2.85. The van der Waals surface area contributed by atoms with Gasteiger partial charge in [-0.05, 0) is 38.1 Å². The minimum absolute atomic E-state index is 0.294. The van der Waals surface area contributed by atoms with Crippen molar-refractivity contribution in [2.75, 3.05) is 17.2 Å². The van der Waals surface area contributed by atoms with Gasteiger partial charge in [-0.1, -0.05) is 19.1 Å². The molecule has 0 saturated carbocycles. The number of amides is 2. The van der Waals surface area contributed by atoms with Crippen molar-refractivity contribution >= 4 is 28.4 Å². The maximum Gasteiger partial charge on any atom is 0.325 e. The first-order chi connectivity index (χ1) is 10.1. The second kappa shape index (κ2) is 7.14. The predicted octanol–water partition coefficient (Wildman–Crippen LogP) is 3.16. The molecule has 0 aliphatic carbocycles. The fraction of sp³-hybridized carbons (Fsp3) is 0.357. The lowest BCUT2D eigenvalue weighted by molar-refractivity contribution is 0.262. The molecule has 0 bridgehead atoms. The molecule has 1 aromatic carbocycles. The number of urea groups is 1. The predicted molar refractivity (Wildman–Crippen MR) is 85.8 cm³/mol. The summed E-state index contributed by atoms with van der Waals surface area (Å²) in [6, 6.07) is 7.74. The van der Waals surface area contributed by atoms with Gasteiger partial charge in [0.25, 0.3) is 0 Å². The summed E-state index contributed by atoms with van der Waals surface area (Å²) in [6.45, 7) is 6.89. The average molecular weight is 305 g/mol. The molecule has 0 fully saturated rings. The zero-order chi connectivity index (χ0) is 15.2. The number of carbonyl (C=O) groups is 1. The van der Waals surface area contributed by atoms with Crippen molar-refractivity contribution < 1.29 is 4.79 Å². The summed E-state index contributed by atoms with van der Waals surface area (Å²) in [7, 11) is 0. The minimum atomic E-state index is -0.321. The van der Waals surface area contributed by atoms with Gasteiger partial charge in [-0.15, -0.1) is 0 Å². The van der Waals surface area contributed by atoms with Crippen LogP contribution in [0.5, 0.6) is 0 Å². The molecule has 0 aliphatic heterocycles. The molecule has 1 heterocycles. The molecule has 0 spiro atoms. The fourth-order valence-electron chi connectivity index (χ4n) is 1.89. The van der Waals surface area contributed by atoms with E-state index in [4.69, 9.17) is 0 Å². The van der Waals surface area contributed by atoms with E-state index in [-0.39, 0.29) is 6.03 Å². The van der Waals surface area contributed by atoms with Gasteiger partial charge in [0.1, 0.15) is 5.82 Å². The van der Waals surface area contributed by atoms with Crippen molar-refractivity contribution in [3.63, 3.8) is 0 Å². The van der Waals surface area contributed by atoms with Gasteiger partial charge in [-0.2, -0.15) is 4.37 Å². The van der Waals surface area contributed by atoms with E-state index in [1.54, 1.807) is 6.92 Å². The van der Waals surface area contributed by atoms with E-state index in [9.17, 15) is 4.79 Å². The molecule has 3 N–H and O–H groups in total. The van der Waals surface area contributed by atoms with E-state index in [0.29, 0.717) is 17.0 Å². The minimum Gasteiger partial charge on any atom is -0.310 e. The third kappa shape index (κ3) is 4.51. The van der Waals surface area contributed by atoms with Gasteiger partial charge in [-0.3, -0.25) is 5.32 Å². The van der Waals surface area contributed by atoms with Crippen LogP contribution in [0.25, 0.3) is 0 Å². The SMILES string of the molecule is CCNC(C)c1ccc(NC(=O)Nc2nc(C)ns2)cc1. The zero-order valence-electron chi connectivity index (χ0n) is 12.3. The van der Waals surface area contributed by atoms with Gasteiger partial charge < -0.3 is 10.6 Å². The number of rotatable bonds is 5. The van der Waals surface area contributed by atoms with Crippen LogP contribution in [-0.4, -0.2) is 21.9 Å². The van der Waals surface area contributed by atoms with Crippen LogP contribution in [0.3, 0.4) is 0 Å². The number of carbonyl (C=O) groups excluding carboxylic acids is 1. The number of hydrogen-bond donors (Lipinski definition) is 3. The summed E-state index contributed by atoms with van der Waals surface area (Å²) in [5.41, 5.74) is 1.92.